The van der Waals surface area contributed by atoms with Crippen LogP contribution in [0.3, 0.4) is 0 Å². The summed E-state index contributed by atoms with van der Waals surface area (Å²) in [7, 11) is 0. The van der Waals surface area contributed by atoms with E-state index in [1.54, 1.807) is 0 Å². The SMILES string of the molecule is CCCCOCCOc1ccc([B-](F)(F)F)c(C)c1. The monoisotopic (exact) mass is 275 g/mol. The number of halogens is 3. The van der Waals surface area contributed by atoms with Gasteiger partial charge in [-0.3, -0.25) is 0 Å². The molecule has 19 heavy (non-hydrogen) atoms. The van der Waals surface area contributed by atoms with Gasteiger partial charge >= 0.3 is 6.98 Å². The first-order valence-electron chi connectivity index (χ1n) is 6.46. The normalized spacial score (nSPS) is 11.6. The van der Waals surface area contributed by atoms with E-state index in [-0.39, 0.29) is 5.56 Å². The van der Waals surface area contributed by atoms with E-state index in [0.717, 1.165) is 18.9 Å². The lowest BCUT2D eigenvalue weighted by molar-refractivity contribution is 0.0980. The maximum atomic E-state index is 12.6. The van der Waals surface area contributed by atoms with Crippen LogP contribution in [0.25, 0.3) is 0 Å². The second kappa shape index (κ2) is 7.43. The second-order valence-electron chi connectivity index (χ2n) is 4.41. The summed E-state index contributed by atoms with van der Waals surface area (Å²) in [6, 6.07) is 3.84. The Morgan fingerprint density at radius 3 is 2.42 bits per heavy atom. The fraction of sp³-hybridized carbons (Fsp3) is 0.538. The Kier molecular flexibility index (Phi) is 6.21. The maximum Gasteiger partial charge on any atom is 0.509 e. The molecule has 0 spiro atoms. The maximum absolute atomic E-state index is 12.6. The van der Waals surface area contributed by atoms with Crippen LogP contribution in [0.2, 0.25) is 0 Å². The molecule has 0 aliphatic carbocycles. The molecule has 0 aliphatic rings. The molecule has 1 rings (SSSR count). The largest absolute Gasteiger partial charge is 0.509 e. The van der Waals surface area contributed by atoms with Crippen LogP contribution in [0.4, 0.5) is 12.9 Å². The molecule has 0 heterocycles. The zero-order valence-electron chi connectivity index (χ0n) is 11.3. The summed E-state index contributed by atoms with van der Waals surface area (Å²) in [6.07, 6.45) is 2.07. The van der Waals surface area contributed by atoms with E-state index in [1.807, 2.05) is 0 Å². The van der Waals surface area contributed by atoms with Crippen LogP contribution in [-0.2, 0) is 4.74 Å². The number of ether oxygens (including phenoxy) is 2. The Morgan fingerprint density at radius 1 is 1.11 bits per heavy atom. The van der Waals surface area contributed by atoms with Crippen molar-refractivity contribution in [3.8, 4) is 5.75 Å². The Balaban J connectivity index is 2.42. The number of rotatable bonds is 8. The third-order valence-corrected chi connectivity index (χ3v) is 2.73. The summed E-state index contributed by atoms with van der Waals surface area (Å²) in [4.78, 5) is 0. The van der Waals surface area contributed by atoms with Crippen molar-refractivity contribution in [3.05, 3.63) is 23.8 Å². The minimum Gasteiger partial charge on any atom is -0.491 e. The quantitative estimate of drug-likeness (QED) is 0.535. The third kappa shape index (κ3) is 5.55. The minimum atomic E-state index is -4.95. The molecule has 0 saturated heterocycles. The van der Waals surface area contributed by atoms with Crippen LogP contribution in [0, 0.1) is 6.92 Å². The molecule has 6 heteroatoms. The molecular formula is C13H19BF3O2-. The molecule has 0 aliphatic heterocycles. The van der Waals surface area contributed by atoms with E-state index < -0.39 is 12.4 Å². The number of hydrogen-bond donors (Lipinski definition) is 0. The van der Waals surface area contributed by atoms with Gasteiger partial charge < -0.3 is 22.4 Å². The molecule has 0 atom stereocenters. The van der Waals surface area contributed by atoms with E-state index in [1.165, 1.54) is 19.1 Å². The smallest absolute Gasteiger partial charge is 0.491 e. The molecule has 0 N–H and O–H groups in total. The van der Waals surface area contributed by atoms with Crippen molar-refractivity contribution in [2.75, 3.05) is 19.8 Å². The molecular weight excluding hydrogens is 256 g/mol. The first-order chi connectivity index (χ1) is 8.95. The van der Waals surface area contributed by atoms with E-state index in [9.17, 15) is 12.9 Å². The molecule has 0 radical (unpaired) electrons. The zero-order chi connectivity index (χ0) is 14.3. The van der Waals surface area contributed by atoms with Gasteiger partial charge in [0.2, 0.25) is 0 Å². The number of benzene rings is 1. The molecule has 108 valence electrons. The molecule has 0 fully saturated rings. The van der Waals surface area contributed by atoms with Crippen LogP contribution >= 0.6 is 0 Å². The fourth-order valence-corrected chi connectivity index (χ4v) is 1.67. The highest BCUT2D eigenvalue weighted by molar-refractivity contribution is 6.74. The molecule has 0 aromatic heterocycles. The average molecular weight is 275 g/mol. The van der Waals surface area contributed by atoms with E-state index in [0.29, 0.717) is 25.6 Å². The second-order valence-corrected chi connectivity index (χ2v) is 4.41. The summed E-state index contributed by atoms with van der Waals surface area (Å²) in [6.45, 7) is 0.0467. The number of aryl methyl sites for hydroxylation is 1. The fourth-order valence-electron chi connectivity index (χ4n) is 1.67. The van der Waals surface area contributed by atoms with Gasteiger partial charge in [-0.25, -0.2) is 0 Å². The van der Waals surface area contributed by atoms with Gasteiger partial charge in [-0.2, -0.15) is 0 Å². The van der Waals surface area contributed by atoms with Crippen molar-refractivity contribution in [1.29, 1.82) is 0 Å². The predicted octanol–water partition coefficient (Wildman–Crippen LogP) is 3.24. The average Bonchev–Trinajstić information content (AvgIpc) is 2.32. The van der Waals surface area contributed by atoms with Crippen molar-refractivity contribution < 1.29 is 22.4 Å². The molecule has 1 aromatic carbocycles. The van der Waals surface area contributed by atoms with Gasteiger partial charge in [0, 0.05) is 6.61 Å². The van der Waals surface area contributed by atoms with Crippen molar-refractivity contribution in [2.24, 2.45) is 0 Å². The van der Waals surface area contributed by atoms with Crippen molar-refractivity contribution >= 4 is 12.4 Å². The van der Waals surface area contributed by atoms with Gasteiger partial charge in [0.1, 0.15) is 12.4 Å². The van der Waals surface area contributed by atoms with Crippen LogP contribution in [0.1, 0.15) is 25.3 Å². The Hall–Kier alpha value is -1.17. The predicted molar refractivity (Wildman–Crippen MR) is 71.1 cm³/mol. The molecule has 0 bridgehead atoms. The van der Waals surface area contributed by atoms with Gasteiger partial charge in [0.15, 0.2) is 0 Å². The zero-order valence-corrected chi connectivity index (χ0v) is 11.3. The van der Waals surface area contributed by atoms with Crippen LogP contribution < -0.4 is 10.2 Å². The lowest BCUT2D eigenvalue weighted by atomic mass is 9.77. The van der Waals surface area contributed by atoms with Crippen molar-refractivity contribution in [3.63, 3.8) is 0 Å². The molecule has 1 aromatic rings. The summed E-state index contributed by atoms with van der Waals surface area (Å²) in [5.41, 5.74) is -0.372. The minimum absolute atomic E-state index is 0.192. The Labute approximate surface area is 112 Å². The van der Waals surface area contributed by atoms with Crippen molar-refractivity contribution in [2.45, 2.75) is 26.7 Å². The van der Waals surface area contributed by atoms with Gasteiger partial charge in [-0.05, 0) is 25.5 Å². The third-order valence-electron chi connectivity index (χ3n) is 2.73. The summed E-state index contributed by atoms with van der Waals surface area (Å²) < 4.78 is 48.5. The van der Waals surface area contributed by atoms with E-state index in [2.05, 4.69) is 6.92 Å². The highest BCUT2D eigenvalue weighted by atomic mass is 19.4. The Morgan fingerprint density at radius 2 is 1.84 bits per heavy atom. The van der Waals surface area contributed by atoms with Gasteiger partial charge in [-0.15, -0.1) is 5.46 Å². The van der Waals surface area contributed by atoms with Crippen LogP contribution in [0.5, 0.6) is 5.75 Å². The number of hydrogen-bond acceptors (Lipinski definition) is 2. The highest BCUT2D eigenvalue weighted by Gasteiger charge is 2.27. The lowest BCUT2D eigenvalue weighted by Crippen LogP contribution is -2.35. The summed E-state index contributed by atoms with van der Waals surface area (Å²) in [5.74, 6) is 0.445. The standard InChI is InChI=1S/C13H19BF3O2/c1-3-4-7-18-8-9-19-12-5-6-13(11(2)10-12)14(15,16)17/h5-6,10H,3-4,7-9H2,1-2H3/q-1. The topological polar surface area (TPSA) is 18.5 Å². The molecule has 2 nitrogen and oxygen atoms in total. The van der Waals surface area contributed by atoms with Crippen LogP contribution in [-0.4, -0.2) is 26.8 Å². The summed E-state index contributed by atoms with van der Waals surface area (Å²) in [5, 5.41) is 0. The summed E-state index contributed by atoms with van der Waals surface area (Å²) >= 11 is 0. The van der Waals surface area contributed by atoms with E-state index >= 15 is 0 Å². The molecule has 0 unspecified atom stereocenters. The van der Waals surface area contributed by atoms with Crippen molar-refractivity contribution in [1.82, 2.24) is 0 Å². The Bertz CT molecular complexity index is 394. The first-order valence-corrected chi connectivity index (χ1v) is 6.46. The molecule has 0 saturated carbocycles. The van der Waals surface area contributed by atoms with E-state index in [4.69, 9.17) is 9.47 Å². The first kappa shape index (κ1) is 15.9. The molecule has 0 amide bonds. The van der Waals surface area contributed by atoms with Crippen LogP contribution in [0.15, 0.2) is 18.2 Å². The van der Waals surface area contributed by atoms with Gasteiger partial charge in [-0.1, -0.05) is 25.0 Å². The highest BCUT2D eigenvalue weighted by Crippen LogP contribution is 2.17. The lowest BCUT2D eigenvalue weighted by Gasteiger charge is -2.18. The van der Waals surface area contributed by atoms with Gasteiger partial charge in [0.05, 0.1) is 6.61 Å². The van der Waals surface area contributed by atoms with Gasteiger partial charge in [0.25, 0.3) is 0 Å². The number of unbranched alkanes of at least 4 members (excludes halogenated alkanes) is 1.